The number of amides is 1. The number of aliphatic carboxylic acids is 1. The molecule has 1 aliphatic rings. The second-order valence-electron chi connectivity index (χ2n) is 7.76. The van der Waals surface area contributed by atoms with Crippen molar-refractivity contribution in [3.63, 3.8) is 0 Å². The maximum atomic E-state index is 12.5. The molecular weight excluding hydrogens is 362 g/mol. The number of nitrogens with one attached hydrogen (secondary N) is 1. The van der Waals surface area contributed by atoms with Crippen molar-refractivity contribution in [3.8, 4) is 5.75 Å². The van der Waals surface area contributed by atoms with Crippen LogP contribution in [0.15, 0.2) is 27.4 Å². The number of carbonyl (C=O) groups is 2. The van der Waals surface area contributed by atoms with Crippen LogP contribution in [0.3, 0.4) is 0 Å². The SMILES string of the molecule is Cc1c(CC(=O)NCC2(CC(=O)O)CCCCC2)c(=O)oc2cc(O)ccc12. The zero-order valence-electron chi connectivity index (χ0n) is 15.9. The van der Waals surface area contributed by atoms with Gasteiger partial charge in [-0.05, 0) is 42.9 Å². The van der Waals surface area contributed by atoms with Gasteiger partial charge in [0.25, 0.3) is 0 Å². The Balaban J connectivity index is 1.75. The first-order valence-electron chi connectivity index (χ1n) is 9.53. The van der Waals surface area contributed by atoms with Crippen molar-refractivity contribution in [2.45, 2.75) is 51.9 Å². The van der Waals surface area contributed by atoms with Gasteiger partial charge in [-0.1, -0.05) is 19.3 Å². The van der Waals surface area contributed by atoms with Crippen molar-refractivity contribution in [3.05, 3.63) is 39.7 Å². The van der Waals surface area contributed by atoms with Crippen LogP contribution in [0.4, 0.5) is 0 Å². The average molecular weight is 387 g/mol. The van der Waals surface area contributed by atoms with E-state index in [2.05, 4.69) is 5.32 Å². The van der Waals surface area contributed by atoms with Crippen molar-refractivity contribution >= 4 is 22.8 Å². The van der Waals surface area contributed by atoms with Crippen LogP contribution in [0.5, 0.6) is 5.75 Å². The van der Waals surface area contributed by atoms with Crippen LogP contribution in [0, 0.1) is 12.3 Å². The highest BCUT2D eigenvalue weighted by molar-refractivity contribution is 5.85. The van der Waals surface area contributed by atoms with Crippen molar-refractivity contribution in [2.24, 2.45) is 5.41 Å². The number of fused-ring (bicyclic) bond motifs is 1. The maximum Gasteiger partial charge on any atom is 0.340 e. The number of aromatic hydroxyl groups is 1. The fourth-order valence-electron chi connectivity index (χ4n) is 4.13. The lowest BCUT2D eigenvalue weighted by Crippen LogP contribution is -2.41. The second kappa shape index (κ2) is 8.04. The minimum Gasteiger partial charge on any atom is -0.508 e. The Kier molecular flexibility index (Phi) is 5.72. The minimum atomic E-state index is -0.856. The molecule has 1 aromatic carbocycles. The Labute approximate surface area is 162 Å². The molecule has 150 valence electrons. The molecule has 0 spiro atoms. The van der Waals surface area contributed by atoms with Crippen LogP contribution in [0.25, 0.3) is 11.0 Å². The summed E-state index contributed by atoms with van der Waals surface area (Å²) in [6.07, 6.45) is 4.47. The molecule has 3 N–H and O–H groups in total. The quantitative estimate of drug-likeness (QED) is 0.656. The smallest absolute Gasteiger partial charge is 0.340 e. The first-order valence-corrected chi connectivity index (χ1v) is 9.53. The first kappa shape index (κ1) is 19.9. The van der Waals surface area contributed by atoms with E-state index in [-0.39, 0.29) is 35.6 Å². The summed E-state index contributed by atoms with van der Waals surface area (Å²) in [5.74, 6) is -1.19. The number of hydrogen-bond acceptors (Lipinski definition) is 5. The molecule has 7 nitrogen and oxygen atoms in total. The molecule has 0 saturated heterocycles. The molecule has 0 radical (unpaired) electrons. The lowest BCUT2D eigenvalue weighted by Gasteiger charge is -2.36. The lowest BCUT2D eigenvalue weighted by molar-refractivity contribution is -0.140. The summed E-state index contributed by atoms with van der Waals surface area (Å²) < 4.78 is 5.25. The molecule has 28 heavy (non-hydrogen) atoms. The van der Waals surface area contributed by atoms with E-state index >= 15 is 0 Å². The van der Waals surface area contributed by atoms with Gasteiger partial charge in [0.05, 0.1) is 18.4 Å². The van der Waals surface area contributed by atoms with Gasteiger partial charge in [-0.2, -0.15) is 0 Å². The molecule has 1 saturated carbocycles. The number of carbonyl (C=O) groups excluding carboxylic acids is 1. The molecule has 1 amide bonds. The zero-order chi connectivity index (χ0) is 20.3. The third kappa shape index (κ3) is 4.35. The summed E-state index contributed by atoms with van der Waals surface area (Å²) in [5.41, 5.74) is 0.157. The van der Waals surface area contributed by atoms with E-state index in [1.807, 2.05) is 0 Å². The monoisotopic (exact) mass is 387 g/mol. The summed E-state index contributed by atoms with van der Waals surface area (Å²) >= 11 is 0. The Bertz CT molecular complexity index is 955. The molecule has 1 heterocycles. The fourth-order valence-corrected chi connectivity index (χ4v) is 4.13. The van der Waals surface area contributed by atoms with Crippen LogP contribution >= 0.6 is 0 Å². The van der Waals surface area contributed by atoms with Crippen LogP contribution in [0.1, 0.15) is 49.7 Å². The highest BCUT2D eigenvalue weighted by atomic mass is 16.4. The molecule has 0 aliphatic heterocycles. The van der Waals surface area contributed by atoms with Gasteiger partial charge in [0.1, 0.15) is 11.3 Å². The van der Waals surface area contributed by atoms with Gasteiger partial charge in [0.15, 0.2) is 0 Å². The van der Waals surface area contributed by atoms with E-state index in [1.54, 1.807) is 13.0 Å². The number of carboxylic acids is 1. The minimum absolute atomic E-state index is 0.00301. The Hall–Kier alpha value is -2.83. The van der Waals surface area contributed by atoms with Crippen molar-refractivity contribution in [2.75, 3.05) is 6.54 Å². The molecule has 1 aromatic heterocycles. The Morgan fingerprint density at radius 1 is 1.21 bits per heavy atom. The second-order valence-corrected chi connectivity index (χ2v) is 7.76. The standard InChI is InChI=1S/C21H25NO6/c1-13-15-6-5-14(23)9-17(15)28-20(27)16(13)10-18(24)22-12-21(11-19(25)26)7-3-2-4-8-21/h5-6,9,23H,2-4,7-8,10-12H2,1H3,(H,22,24)(H,25,26). The van der Waals surface area contributed by atoms with Crippen molar-refractivity contribution in [1.82, 2.24) is 5.32 Å². The van der Waals surface area contributed by atoms with E-state index in [0.29, 0.717) is 17.5 Å². The molecule has 1 aliphatic carbocycles. The molecule has 7 heteroatoms. The van der Waals surface area contributed by atoms with Gasteiger partial charge in [0, 0.05) is 18.0 Å². The topological polar surface area (TPSA) is 117 Å². The maximum absolute atomic E-state index is 12.5. The normalized spacial score (nSPS) is 16.0. The number of hydrogen-bond donors (Lipinski definition) is 3. The number of phenolic OH excluding ortho intramolecular Hbond substituents is 1. The molecular formula is C21H25NO6. The lowest BCUT2D eigenvalue weighted by atomic mass is 9.71. The van der Waals surface area contributed by atoms with Crippen molar-refractivity contribution < 1.29 is 24.2 Å². The van der Waals surface area contributed by atoms with Gasteiger partial charge < -0.3 is 19.9 Å². The number of carboxylic acid groups (broad SMARTS) is 1. The summed E-state index contributed by atoms with van der Waals surface area (Å²) in [7, 11) is 0. The van der Waals surface area contributed by atoms with Crippen LogP contribution < -0.4 is 10.9 Å². The van der Waals surface area contributed by atoms with E-state index in [9.17, 15) is 24.6 Å². The summed E-state index contributed by atoms with van der Waals surface area (Å²) in [5, 5.41) is 22.3. The van der Waals surface area contributed by atoms with Gasteiger partial charge in [-0.15, -0.1) is 0 Å². The van der Waals surface area contributed by atoms with E-state index < -0.39 is 17.0 Å². The highest BCUT2D eigenvalue weighted by Gasteiger charge is 2.34. The molecule has 0 atom stereocenters. The average Bonchev–Trinajstić information content (AvgIpc) is 2.63. The molecule has 0 bridgehead atoms. The van der Waals surface area contributed by atoms with Crippen LogP contribution in [-0.4, -0.2) is 28.6 Å². The molecule has 2 aromatic rings. The van der Waals surface area contributed by atoms with Gasteiger partial charge in [-0.3, -0.25) is 9.59 Å². The highest BCUT2D eigenvalue weighted by Crippen LogP contribution is 2.38. The number of benzene rings is 1. The fraction of sp³-hybridized carbons (Fsp3) is 0.476. The first-order chi connectivity index (χ1) is 13.3. The predicted molar refractivity (Wildman–Crippen MR) is 103 cm³/mol. The van der Waals surface area contributed by atoms with Gasteiger partial charge in [-0.25, -0.2) is 4.79 Å². The summed E-state index contributed by atoms with van der Waals surface area (Å²) in [6, 6.07) is 4.51. The number of rotatable bonds is 6. The van der Waals surface area contributed by atoms with Gasteiger partial charge in [0.2, 0.25) is 5.91 Å². The Morgan fingerprint density at radius 3 is 2.61 bits per heavy atom. The predicted octanol–water partition coefficient (Wildman–Crippen LogP) is 2.89. The molecule has 3 rings (SSSR count). The van der Waals surface area contributed by atoms with E-state index in [1.165, 1.54) is 12.1 Å². The molecule has 0 unspecified atom stereocenters. The van der Waals surface area contributed by atoms with E-state index in [4.69, 9.17) is 4.42 Å². The van der Waals surface area contributed by atoms with E-state index in [0.717, 1.165) is 32.1 Å². The molecule has 1 fully saturated rings. The number of phenols is 1. The largest absolute Gasteiger partial charge is 0.508 e. The third-order valence-corrected chi connectivity index (χ3v) is 5.71. The van der Waals surface area contributed by atoms with Gasteiger partial charge >= 0.3 is 11.6 Å². The van der Waals surface area contributed by atoms with Crippen LogP contribution in [0.2, 0.25) is 0 Å². The zero-order valence-corrected chi connectivity index (χ0v) is 15.9. The van der Waals surface area contributed by atoms with Crippen LogP contribution in [-0.2, 0) is 16.0 Å². The van der Waals surface area contributed by atoms with Crippen molar-refractivity contribution in [1.29, 1.82) is 0 Å². The summed E-state index contributed by atoms with van der Waals surface area (Å²) in [4.78, 5) is 36.1. The summed E-state index contributed by atoms with van der Waals surface area (Å²) in [6.45, 7) is 2.04. The third-order valence-electron chi connectivity index (χ3n) is 5.71. The Morgan fingerprint density at radius 2 is 1.93 bits per heavy atom. The number of aryl methyl sites for hydroxylation is 1.